The fourth-order valence-electron chi connectivity index (χ4n) is 2.50. The number of carbonyl (C=O) groups excluding carboxylic acids is 2. The third kappa shape index (κ3) is 4.89. The summed E-state index contributed by atoms with van der Waals surface area (Å²) >= 11 is 0. The van der Waals surface area contributed by atoms with Crippen molar-refractivity contribution in [2.24, 2.45) is 0 Å². The van der Waals surface area contributed by atoms with Gasteiger partial charge in [0.15, 0.2) is 0 Å². The Hall–Kier alpha value is -3.22. The van der Waals surface area contributed by atoms with Crippen LogP contribution in [0.15, 0.2) is 54.6 Å². The lowest BCUT2D eigenvalue weighted by atomic mass is 9.96. The quantitative estimate of drug-likeness (QED) is 0.408. The van der Waals surface area contributed by atoms with E-state index >= 15 is 0 Å². The van der Waals surface area contributed by atoms with Crippen molar-refractivity contribution in [3.8, 4) is 0 Å². The van der Waals surface area contributed by atoms with Crippen LogP contribution in [-0.2, 0) is 14.3 Å². The van der Waals surface area contributed by atoms with E-state index in [4.69, 9.17) is 9.47 Å². The molecule has 0 spiro atoms. The van der Waals surface area contributed by atoms with Crippen LogP contribution >= 0.6 is 0 Å². The SMILES string of the molecule is CCOC(=O)[C@@H](CCOC(=O)c1ccccc1[N+](=O)[O-])c1ccccc1. The van der Waals surface area contributed by atoms with Gasteiger partial charge in [0, 0.05) is 6.07 Å². The second kappa shape index (κ2) is 9.31. The molecule has 2 rings (SSSR count). The van der Waals surface area contributed by atoms with Crippen LogP contribution in [0.3, 0.4) is 0 Å². The molecule has 7 heteroatoms. The number of ether oxygens (including phenoxy) is 2. The predicted octanol–water partition coefficient (Wildman–Crippen LogP) is 3.49. The standard InChI is InChI=1S/C19H19NO6/c1-2-25-18(21)15(14-8-4-3-5-9-14)12-13-26-19(22)16-10-6-7-11-17(16)20(23)24/h3-11,15H,2,12-13H2,1H3/t15-/m0/s1. The van der Waals surface area contributed by atoms with E-state index in [1.807, 2.05) is 6.07 Å². The van der Waals surface area contributed by atoms with Crippen LogP contribution in [0.1, 0.15) is 35.2 Å². The molecule has 0 saturated carbocycles. The fraction of sp³-hybridized carbons (Fsp3) is 0.263. The summed E-state index contributed by atoms with van der Waals surface area (Å²) in [5, 5.41) is 11.0. The molecule has 0 bridgehead atoms. The number of carbonyl (C=O) groups is 2. The molecule has 0 unspecified atom stereocenters. The van der Waals surface area contributed by atoms with E-state index in [0.29, 0.717) is 0 Å². The molecule has 0 heterocycles. The molecule has 0 amide bonds. The average Bonchev–Trinajstić information content (AvgIpc) is 2.65. The van der Waals surface area contributed by atoms with Gasteiger partial charge >= 0.3 is 11.9 Å². The van der Waals surface area contributed by atoms with Crippen molar-refractivity contribution < 1.29 is 24.0 Å². The smallest absolute Gasteiger partial charge is 0.345 e. The van der Waals surface area contributed by atoms with Crippen molar-refractivity contribution in [2.75, 3.05) is 13.2 Å². The number of benzene rings is 2. The van der Waals surface area contributed by atoms with Gasteiger partial charge in [0.25, 0.3) is 5.69 Å². The van der Waals surface area contributed by atoms with Crippen molar-refractivity contribution in [2.45, 2.75) is 19.3 Å². The molecule has 2 aromatic carbocycles. The Labute approximate surface area is 150 Å². The second-order valence-corrected chi connectivity index (χ2v) is 5.41. The van der Waals surface area contributed by atoms with E-state index in [0.717, 1.165) is 5.56 Å². The molecule has 2 aromatic rings. The number of hydrogen-bond donors (Lipinski definition) is 0. The van der Waals surface area contributed by atoms with Gasteiger partial charge in [0.2, 0.25) is 0 Å². The maximum atomic E-state index is 12.2. The molecule has 0 fully saturated rings. The van der Waals surface area contributed by atoms with Gasteiger partial charge in [0.05, 0.1) is 24.1 Å². The van der Waals surface area contributed by atoms with Crippen molar-refractivity contribution in [3.63, 3.8) is 0 Å². The number of nitrogens with zero attached hydrogens (tertiary/aromatic N) is 1. The van der Waals surface area contributed by atoms with Crippen LogP contribution in [0.25, 0.3) is 0 Å². The molecule has 0 aliphatic carbocycles. The zero-order valence-corrected chi connectivity index (χ0v) is 14.3. The van der Waals surface area contributed by atoms with E-state index in [-0.39, 0.29) is 30.9 Å². The first-order chi connectivity index (χ1) is 12.5. The summed E-state index contributed by atoms with van der Waals surface area (Å²) in [5.74, 6) is -1.77. The van der Waals surface area contributed by atoms with E-state index in [9.17, 15) is 19.7 Å². The minimum Gasteiger partial charge on any atom is -0.466 e. The monoisotopic (exact) mass is 357 g/mol. The van der Waals surface area contributed by atoms with Gasteiger partial charge in [-0.15, -0.1) is 0 Å². The summed E-state index contributed by atoms with van der Waals surface area (Å²) in [6.07, 6.45) is 0.217. The lowest BCUT2D eigenvalue weighted by Gasteiger charge is -2.16. The number of para-hydroxylation sites is 1. The van der Waals surface area contributed by atoms with Gasteiger partial charge in [-0.3, -0.25) is 14.9 Å². The Kier molecular flexibility index (Phi) is 6.84. The maximum Gasteiger partial charge on any atom is 0.345 e. The highest BCUT2D eigenvalue weighted by Crippen LogP contribution is 2.23. The molecule has 1 atom stereocenters. The van der Waals surface area contributed by atoms with Crippen LogP contribution in [-0.4, -0.2) is 30.1 Å². The molecule has 136 valence electrons. The van der Waals surface area contributed by atoms with E-state index < -0.39 is 22.8 Å². The van der Waals surface area contributed by atoms with Gasteiger partial charge in [-0.2, -0.15) is 0 Å². The van der Waals surface area contributed by atoms with Crippen LogP contribution in [0.5, 0.6) is 0 Å². The molecular weight excluding hydrogens is 338 g/mol. The zero-order chi connectivity index (χ0) is 18.9. The van der Waals surface area contributed by atoms with Crippen molar-refractivity contribution in [1.82, 2.24) is 0 Å². The highest BCUT2D eigenvalue weighted by molar-refractivity contribution is 5.93. The maximum absolute atomic E-state index is 12.2. The highest BCUT2D eigenvalue weighted by atomic mass is 16.6. The molecule has 7 nitrogen and oxygen atoms in total. The summed E-state index contributed by atoms with van der Waals surface area (Å²) in [6.45, 7) is 1.90. The molecule has 0 aliphatic rings. The van der Waals surface area contributed by atoms with Gasteiger partial charge in [-0.25, -0.2) is 4.79 Å². The minimum atomic E-state index is -0.798. The molecule has 0 aromatic heterocycles. The number of esters is 2. The molecule has 26 heavy (non-hydrogen) atoms. The summed E-state index contributed by atoms with van der Waals surface area (Å²) in [5.41, 5.74) is 0.320. The van der Waals surface area contributed by atoms with Crippen molar-refractivity contribution in [3.05, 3.63) is 75.8 Å². The predicted molar refractivity (Wildman–Crippen MR) is 93.8 cm³/mol. The molecular formula is C19H19NO6. The van der Waals surface area contributed by atoms with E-state index in [1.54, 1.807) is 31.2 Å². The molecule has 0 radical (unpaired) electrons. The Bertz CT molecular complexity index is 775. The Morgan fingerprint density at radius 2 is 1.69 bits per heavy atom. The lowest BCUT2D eigenvalue weighted by Crippen LogP contribution is -2.19. The normalized spacial score (nSPS) is 11.4. The number of hydrogen-bond acceptors (Lipinski definition) is 6. The van der Waals surface area contributed by atoms with Crippen molar-refractivity contribution >= 4 is 17.6 Å². The van der Waals surface area contributed by atoms with Crippen LogP contribution in [0.4, 0.5) is 5.69 Å². The highest BCUT2D eigenvalue weighted by Gasteiger charge is 2.24. The summed E-state index contributed by atoms with van der Waals surface area (Å²) in [4.78, 5) is 34.7. The summed E-state index contributed by atoms with van der Waals surface area (Å²) in [7, 11) is 0. The first-order valence-electron chi connectivity index (χ1n) is 8.16. The lowest BCUT2D eigenvalue weighted by molar-refractivity contribution is -0.385. The van der Waals surface area contributed by atoms with Gasteiger partial charge in [0.1, 0.15) is 5.56 Å². The molecule has 0 N–H and O–H groups in total. The molecule has 0 aliphatic heterocycles. The van der Waals surface area contributed by atoms with Gasteiger partial charge in [-0.1, -0.05) is 42.5 Å². The first-order valence-corrected chi connectivity index (χ1v) is 8.16. The minimum absolute atomic E-state index is 0.0662. The topological polar surface area (TPSA) is 95.7 Å². The van der Waals surface area contributed by atoms with Gasteiger partial charge < -0.3 is 9.47 Å². The van der Waals surface area contributed by atoms with Crippen LogP contribution in [0, 0.1) is 10.1 Å². The zero-order valence-electron chi connectivity index (χ0n) is 14.3. The number of rotatable bonds is 8. The largest absolute Gasteiger partial charge is 0.466 e. The first kappa shape index (κ1) is 19.1. The summed E-state index contributed by atoms with van der Waals surface area (Å²) < 4.78 is 10.2. The summed E-state index contributed by atoms with van der Waals surface area (Å²) in [6, 6.07) is 14.6. The fourth-order valence-corrected chi connectivity index (χ4v) is 2.50. The average molecular weight is 357 g/mol. The molecule has 0 saturated heterocycles. The Balaban J connectivity index is 2.04. The number of nitro groups is 1. The van der Waals surface area contributed by atoms with Gasteiger partial charge in [-0.05, 0) is 25.0 Å². The van der Waals surface area contributed by atoms with Crippen LogP contribution in [0.2, 0.25) is 0 Å². The van der Waals surface area contributed by atoms with Crippen LogP contribution < -0.4 is 0 Å². The Morgan fingerprint density at radius 3 is 2.35 bits per heavy atom. The third-order valence-corrected chi connectivity index (χ3v) is 3.73. The van der Waals surface area contributed by atoms with Crippen molar-refractivity contribution in [1.29, 1.82) is 0 Å². The second-order valence-electron chi connectivity index (χ2n) is 5.41. The van der Waals surface area contributed by atoms with E-state index in [1.165, 1.54) is 24.3 Å². The number of nitro benzene ring substituents is 1. The third-order valence-electron chi connectivity index (χ3n) is 3.73. The Morgan fingerprint density at radius 1 is 1.04 bits per heavy atom. The van der Waals surface area contributed by atoms with E-state index in [2.05, 4.69) is 0 Å².